The fourth-order valence-corrected chi connectivity index (χ4v) is 4.46. The molecule has 0 spiro atoms. The van der Waals surface area contributed by atoms with Crippen molar-refractivity contribution in [2.45, 2.75) is 31.3 Å². The molecule has 1 aliphatic heterocycles. The maximum Gasteiger partial charge on any atom is 0.341 e. The highest BCUT2D eigenvalue weighted by atomic mass is 16.5. The normalized spacial score (nSPS) is 19.1. The average molecular weight is 418 g/mol. The monoisotopic (exact) mass is 418 g/mol. The highest BCUT2D eigenvalue weighted by Gasteiger charge is 2.45. The molecule has 5 nitrogen and oxygen atoms in total. The fraction of sp³-hybridized carbons (Fsp3) is 0.269. The topological polar surface area (TPSA) is 65.0 Å². The van der Waals surface area contributed by atoms with Crippen molar-refractivity contribution < 1.29 is 24.1 Å². The van der Waals surface area contributed by atoms with Crippen LogP contribution in [0.2, 0.25) is 0 Å². The molecule has 31 heavy (non-hydrogen) atoms. The number of benzene rings is 3. The molecular weight excluding hydrogens is 392 g/mol. The molecule has 4 rings (SSSR count). The molecule has 0 saturated heterocycles. The predicted octanol–water partition coefficient (Wildman–Crippen LogP) is 5.25. The number of carboxylic acids is 1. The van der Waals surface area contributed by atoms with E-state index < -0.39 is 11.6 Å². The summed E-state index contributed by atoms with van der Waals surface area (Å²) in [5, 5.41) is 8.85. The minimum Gasteiger partial charge on any atom is -0.497 e. The molecule has 160 valence electrons. The minimum absolute atomic E-state index is 0.0422. The summed E-state index contributed by atoms with van der Waals surface area (Å²) in [6.07, 6.45) is 0. The van der Waals surface area contributed by atoms with Gasteiger partial charge in [0.1, 0.15) is 22.8 Å². The van der Waals surface area contributed by atoms with E-state index >= 15 is 0 Å². The zero-order valence-electron chi connectivity index (χ0n) is 17.9. The molecule has 0 fully saturated rings. The molecule has 0 aliphatic carbocycles. The molecule has 0 saturated carbocycles. The molecule has 1 aliphatic rings. The molecule has 0 amide bonds. The second-order valence-corrected chi connectivity index (χ2v) is 8.23. The van der Waals surface area contributed by atoms with Gasteiger partial charge in [-0.05, 0) is 43.2 Å². The molecule has 3 aromatic rings. The van der Waals surface area contributed by atoms with Crippen LogP contribution in [0.15, 0.2) is 72.8 Å². The van der Waals surface area contributed by atoms with E-state index in [0.717, 1.165) is 22.6 Å². The van der Waals surface area contributed by atoms with Crippen LogP contribution in [-0.2, 0) is 4.79 Å². The maximum atomic E-state index is 10.8. The van der Waals surface area contributed by atoms with E-state index in [0.29, 0.717) is 5.75 Å². The second-order valence-electron chi connectivity index (χ2n) is 8.23. The highest BCUT2D eigenvalue weighted by molar-refractivity contribution is 5.68. The summed E-state index contributed by atoms with van der Waals surface area (Å²) >= 11 is 0. The summed E-state index contributed by atoms with van der Waals surface area (Å²) in [6.45, 7) is 3.87. The van der Waals surface area contributed by atoms with Crippen molar-refractivity contribution in [3.8, 4) is 17.2 Å². The van der Waals surface area contributed by atoms with Gasteiger partial charge in [-0.3, -0.25) is 0 Å². The lowest BCUT2D eigenvalue weighted by molar-refractivity contribution is -0.139. The molecule has 1 N–H and O–H groups in total. The van der Waals surface area contributed by atoms with E-state index in [1.54, 1.807) is 7.11 Å². The maximum absolute atomic E-state index is 10.8. The van der Waals surface area contributed by atoms with Gasteiger partial charge in [-0.15, -0.1) is 0 Å². The standard InChI is InChI=1S/C26H26O5/c1-26(2)25(18-7-5-4-6-8-18)24(21-14-13-20(29-3)15-22(21)31-26)17-9-11-19(12-10-17)30-16-23(27)28/h4-15,24-25H,16H2,1-3H3,(H,27,28)/t24-,25-/m1/s1. The Kier molecular flexibility index (Phi) is 5.59. The Morgan fingerprint density at radius 3 is 2.29 bits per heavy atom. The van der Waals surface area contributed by atoms with E-state index in [1.165, 1.54) is 5.56 Å². The molecule has 0 unspecified atom stereocenters. The summed E-state index contributed by atoms with van der Waals surface area (Å²) in [6, 6.07) is 24.0. The number of methoxy groups -OCH3 is 1. The summed E-state index contributed by atoms with van der Waals surface area (Å²) in [5.41, 5.74) is 2.93. The number of rotatable bonds is 6. The average Bonchev–Trinajstić information content (AvgIpc) is 2.76. The van der Waals surface area contributed by atoms with Crippen LogP contribution in [-0.4, -0.2) is 30.4 Å². The number of carboxylic acid groups (broad SMARTS) is 1. The van der Waals surface area contributed by atoms with E-state index in [9.17, 15) is 4.79 Å². The number of ether oxygens (including phenoxy) is 3. The van der Waals surface area contributed by atoms with Gasteiger partial charge in [0.05, 0.1) is 7.11 Å². The summed E-state index contributed by atoms with van der Waals surface area (Å²) < 4.78 is 17.2. The van der Waals surface area contributed by atoms with Gasteiger partial charge in [-0.2, -0.15) is 0 Å². The summed E-state index contributed by atoms with van der Waals surface area (Å²) in [5.74, 6) is 1.21. The first-order chi connectivity index (χ1) is 14.9. The quantitative estimate of drug-likeness (QED) is 0.593. The van der Waals surface area contributed by atoms with Crippen molar-refractivity contribution in [2.24, 2.45) is 0 Å². The van der Waals surface area contributed by atoms with Crippen LogP contribution in [0.4, 0.5) is 0 Å². The number of carbonyl (C=O) groups is 1. The molecular formula is C26H26O5. The van der Waals surface area contributed by atoms with Crippen LogP contribution in [0, 0.1) is 0 Å². The smallest absolute Gasteiger partial charge is 0.341 e. The number of hydrogen-bond acceptors (Lipinski definition) is 4. The van der Waals surface area contributed by atoms with Crippen LogP contribution < -0.4 is 14.2 Å². The zero-order chi connectivity index (χ0) is 22.0. The molecule has 5 heteroatoms. The summed E-state index contributed by atoms with van der Waals surface area (Å²) in [7, 11) is 1.65. The second kappa shape index (κ2) is 8.34. The predicted molar refractivity (Wildman–Crippen MR) is 118 cm³/mol. The Morgan fingerprint density at radius 1 is 0.968 bits per heavy atom. The highest BCUT2D eigenvalue weighted by Crippen LogP contribution is 2.53. The largest absolute Gasteiger partial charge is 0.497 e. The first-order valence-electron chi connectivity index (χ1n) is 10.3. The van der Waals surface area contributed by atoms with Gasteiger partial charge in [0.2, 0.25) is 0 Å². The van der Waals surface area contributed by atoms with Crippen molar-refractivity contribution in [3.05, 3.63) is 89.5 Å². The van der Waals surface area contributed by atoms with Crippen LogP contribution >= 0.6 is 0 Å². The third kappa shape index (κ3) is 4.22. The van der Waals surface area contributed by atoms with Crippen LogP contribution in [0.1, 0.15) is 42.4 Å². The Bertz CT molecular complexity index is 1060. The summed E-state index contributed by atoms with van der Waals surface area (Å²) in [4.78, 5) is 10.8. The Labute approximate surface area is 182 Å². The van der Waals surface area contributed by atoms with Crippen LogP contribution in [0.25, 0.3) is 0 Å². The molecule has 3 aromatic carbocycles. The Morgan fingerprint density at radius 2 is 1.65 bits per heavy atom. The first-order valence-corrected chi connectivity index (χ1v) is 10.3. The van der Waals surface area contributed by atoms with Gasteiger partial charge in [0.15, 0.2) is 6.61 Å². The fourth-order valence-electron chi connectivity index (χ4n) is 4.46. The molecule has 2 atom stereocenters. The first kappa shape index (κ1) is 20.8. The van der Waals surface area contributed by atoms with Gasteiger partial charge in [0, 0.05) is 23.5 Å². The van der Waals surface area contributed by atoms with Crippen LogP contribution in [0.5, 0.6) is 17.2 Å². The van der Waals surface area contributed by atoms with Crippen molar-refractivity contribution in [1.82, 2.24) is 0 Å². The SMILES string of the molecule is COc1ccc2c(c1)OC(C)(C)[C@H](c1ccccc1)[C@@H]2c1ccc(OCC(=O)O)cc1. The zero-order valence-corrected chi connectivity index (χ0v) is 17.9. The van der Waals surface area contributed by atoms with Gasteiger partial charge >= 0.3 is 5.97 Å². The minimum atomic E-state index is -0.998. The number of hydrogen-bond donors (Lipinski definition) is 1. The number of aliphatic carboxylic acids is 1. The van der Waals surface area contributed by atoms with Gasteiger partial charge in [-0.1, -0.05) is 48.5 Å². The lowest BCUT2D eigenvalue weighted by Gasteiger charge is -2.45. The number of fused-ring (bicyclic) bond motifs is 1. The molecule has 0 bridgehead atoms. The van der Waals surface area contributed by atoms with Crippen molar-refractivity contribution in [1.29, 1.82) is 0 Å². The molecule has 0 radical (unpaired) electrons. The van der Waals surface area contributed by atoms with E-state index in [-0.39, 0.29) is 18.4 Å². The van der Waals surface area contributed by atoms with E-state index in [2.05, 4.69) is 44.2 Å². The van der Waals surface area contributed by atoms with Crippen molar-refractivity contribution in [2.75, 3.05) is 13.7 Å². The molecule has 1 heterocycles. The van der Waals surface area contributed by atoms with Crippen molar-refractivity contribution in [3.63, 3.8) is 0 Å². The Balaban J connectivity index is 1.81. The van der Waals surface area contributed by atoms with Gasteiger partial charge < -0.3 is 19.3 Å². The lowest BCUT2D eigenvalue weighted by atomic mass is 9.68. The lowest BCUT2D eigenvalue weighted by Crippen LogP contribution is -2.43. The van der Waals surface area contributed by atoms with E-state index in [4.69, 9.17) is 19.3 Å². The third-order valence-corrected chi connectivity index (χ3v) is 5.77. The van der Waals surface area contributed by atoms with Gasteiger partial charge in [0.25, 0.3) is 0 Å². The Hall–Kier alpha value is -3.47. The molecule has 0 aromatic heterocycles. The third-order valence-electron chi connectivity index (χ3n) is 5.77. The van der Waals surface area contributed by atoms with Crippen molar-refractivity contribution >= 4 is 5.97 Å². The van der Waals surface area contributed by atoms with Gasteiger partial charge in [-0.25, -0.2) is 4.79 Å². The van der Waals surface area contributed by atoms with E-state index in [1.807, 2.05) is 42.5 Å². The van der Waals surface area contributed by atoms with Crippen LogP contribution in [0.3, 0.4) is 0 Å².